The molecule has 0 fully saturated rings. The summed E-state index contributed by atoms with van der Waals surface area (Å²) < 4.78 is 6.69. The Morgan fingerprint density at radius 3 is 2.58 bits per heavy atom. The van der Waals surface area contributed by atoms with Crippen molar-refractivity contribution in [3.63, 3.8) is 0 Å². The normalized spacial score (nSPS) is 12.1. The summed E-state index contributed by atoms with van der Waals surface area (Å²) in [5.41, 5.74) is 2.87. The number of aromatic amines is 1. The summed E-state index contributed by atoms with van der Waals surface area (Å²) in [4.78, 5) is 28.7. The van der Waals surface area contributed by atoms with Gasteiger partial charge in [-0.2, -0.15) is 4.98 Å². The molecule has 0 saturated heterocycles. The van der Waals surface area contributed by atoms with Gasteiger partial charge in [-0.05, 0) is 30.4 Å². The van der Waals surface area contributed by atoms with E-state index in [1.807, 2.05) is 6.92 Å². The number of hydrogen-bond donors (Lipinski definition) is 2. The van der Waals surface area contributed by atoms with Crippen LogP contribution in [-0.4, -0.2) is 32.8 Å². The molecule has 2 N–H and O–H groups in total. The molecule has 0 spiro atoms. The second kappa shape index (κ2) is 9.59. The first-order chi connectivity index (χ1) is 14.8. The van der Waals surface area contributed by atoms with E-state index in [2.05, 4.69) is 58.6 Å². The van der Waals surface area contributed by atoms with Crippen LogP contribution in [0, 0.1) is 12.8 Å². The van der Waals surface area contributed by atoms with Gasteiger partial charge in [0.1, 0.15) is 12.4 Å². The second-order valence-electron chi connectivity index (χ2n) is 8.13. The standard InChI is InChI=1S/C23H29N5O3/c1-14(2)10-17-6-8-18(9-7-17)16(4)22-25-23(27-26-22)24-21(30)13-28-12-20(31-5)19(29)11-15(28)3/h6-9,11-12,14,16H,10,13H2,1-5H3,(H2,24,25,26,27,30). The number of anilines is 1. The highest BCUT2D eigenvalue weighted by Crippen LogP contribution is 2.23. The van der Waals surface area contributed by atoms with E-state index in [9.17, 15) is 9.59 Å². The largest absolute Gasteiger partial charge is 0.491 e. The number of carbonyl (C=O) groups is 1. The van der Waals surface area contributed by atoms with Crippen LogP contribution in [0.1, 0.15) is 49.3 Å². The Morgan fingerprint density at radius 2 is 1.94 bits per heavy atom. The van der Waals surface area contributed by atoms with Gasteiger partial charge in [0, 0.05) is 17.7 Å². The van der Waals surface area contributed by atoms with Gasteiger partial charge in [0.25, 0.3) is 0 Å². The summed E-state index contributed by atoms with van der Waals surface area (Å²) in [5.74, 6) is 1.40. The zero-order chi connectivity index (χ0) is 22.5. The number of aryl methyl sites for hydroxylation is 1. The molecular weight excluding hydrogens is 394 g/mol. The minimum absolute atomic E-state index is 0.0109. The Hall–Kier alpha value is -3.42. The van der Waals surface area contributed by atoms with E-state index >= 15 is 0 Å². The minimum Gasteiger partial charge on any atom is -0.491 e. The molecule has 0 aliphatic carbocycles. The molecule has 0 saturated carbocycles. The summed E-state index contributed by atoms with van der Waals surface area (Å²) in [6.45, 7) is 8.22. The van der Waals surface area contributed by atoms with Crippen molar-refractivity contribution in [3.8, 4) is 5.75 Å². The molecule has 0 aliphatic heterocycles. The molecule has 1 aromatic carbocycles. The third-order valence-corrected chi connectivity index (χ3v) is 5.13. The Labute approximate surface area is 181 Å². The van der Waals surface area contributed by atoms with Crippen LogP contribution in [-0.2, 0) is 17.8 Å². The number of benzene rings is 1. The molecule has 0 aliphatic rings. The van der Waals surface area contributed by atoms with E-state index in [1.54, 1.807) is 11.5 Å². The van der Waals surface area contributed by atoms with Crippen LogP contribution in [0.25, 0.3) is 0 Å². The summed E-state index contributed by atoms with van der Waals surface area (Å²) >= 11 is 0. The molecule has 0 bridgehead atoms. The van der Waals surface area contributed by atoms with Crippen LogP contribution in [0.15, 0.2) is 41.3 Å². The molecular formula is C23H29N5O3. The number of hydrogen-bond acceptors (Lipinski definition) is 5. The van der Waals surface area contributed by atoms with E-state index in [0.717, 1.165) is 12.0 Å². The SMILES string of the molecule is COc1cn(CC(=O)Nc2n[nH]c(C(C)c3ccc(CC(C)C)cc3)n2)c(C)cc1=O. The fourth-order valence-corrected chi connectivity index (χ4v) is 3.39. The van der Waals surface area contributed by atoms with Crippen molar-refractivity contribution < 1.29 is 9.53 Å². The first-order valence-electron chi connectivity index (χ1n) is 10.3. The maximum absolute atomic E-state index is 12.4. The van der Waals surface area contributed by atoms with Crippen LogP contribution in [0.2, 0.25) is 0 Å². The molecule has 8 heteroatoms. The van der Waals surface area contributed by atoms with E-state index < -0.39 is 0 Å². The molecule has 2 aromatic heterocycles. The number of H-pyrrole nitrogens is 1. The number of rotatable bonds is 8. The van der Waals surface area contributed by atoms with Crippen molar-refractivity contribution in [2.45, 2.75) is 46.6 Å². The maximum Gasteiger partial charge on any atom is 0.248 e. The van der Waals surface area contributed by atoms with E-state index in [4.69, 9.17) is 4.74 Å². The molecule has 0 radical (unpaired) electrons. The highest BCUT2D eigenvalue weighted by atomic mass is 16.5. The number of nitrogens with zero attached hydrogens (tertiary/aromatic N) is 3. The first-order valence-corrected chi connectivity index (χ1v) is 10.3. The maximum atomic E-state index is 12.4. The van der Waals surface area contributed by atoms with Crippen LogP contribution in [0.4, 0.5) is 5.95 Å². The smallest absolute Gasteiger partial charge is 0.248 e. The lowest BCUT2D eigenvalue weighted by Gasteiger charge is -2.11. The van der Waals surface area contributed by atoms with Crippen molar-refractivity contribution in [2.75, 3.05) is 12.4 Å². The third kappa shape index (κ3) is 5.59. The molecule has 164 valence electrons. The first kappa shape index (κ1) is 22.3. The van der Waals surface area contributed by atoms with E-state index in [-0.39, 0.29) is 35.5 Å². The van der Waals surface area contributed by atoms with Gasteiger partial charge in [-0.1, -0.05) is 45.0 Å². The second-order valence-corrected chi connectivity index (χ2v) is 8.13. The minimum atomic E-state index is -0.301. The van der Waals surface area contributed by atoms with Crippen LogP contribution >= 0.6 is 0 Å². The zero-order valence-electron chi connectivity index (χ0n) is 18.6. The van der Waals surface area contributed by atoms with Gasteiger partial charge >= 0.3 is 0 Å². The number of ether oxygens (including phenoxy) is 1. The molecule has 31 heavy (non-hydrogen) atoms. The summed E-state index contributed by atoms with van der Waals surface area (Å²) in [6.07, 6.45) is 2.57. The summed E-state index contributed by atoms with van der Waals surface area (Å²) in [5, 5.41) is 9.73. The fourth-order valence-electron chi connectivity index (χ4n) is 3.39. The Morgan fingerprint density at radius 1 is 1.23 bits per heavy atom. The van der Waals surface area contributed by atoms with Crippen molar-refractivity contribution in [1.82, 2.24) is 19.7 Å². The number of aromatic nitrogens is 4. The zero-order valence-corrected chi connectivity index (χ0v) is 18.6. The molecule has 3 aromatic rings. The lowest BCUT2D eigenvalue weighted by molar-refractivity contribution is -0.116. The van der Waals surface area contributed by atoms with Crippen LogP contribution < -0.4 is 15.5 Å². The molecule has 1 unspecified atom stereocenters. The van der Waals surface area contributed by atoms with Gasteiger partial charge < -0.3 is 9.30 Å². The monoisotopic (exact) mass is 423 g/mol. The highest BCUT2D eigenvalue weighted by molar-refractivity contribution is 5.88. The van der Waals surface area contributed by atoms with Crippen LogP contribution in [0.3, 0.4) is 0 Å². The van der Waals surface area contributed by atoms with Crippen molar-refractivity contribution in [1.29, 1.82) is 0 Å². The third-order valence-electron chi connectivity index (χ3n) is 5.13. The van der Waals surface area contributed by atoms with Crippen molar-refractivity contribution in [3.05, 3.63) is 69.4 Å². The number of amides is 1. The van der Waals surface area contributed by atoms with Gasteiger partial charge in [0.05, 0.1) is 13.3 Å². The Balaban J connectivity index is 1.65. The summed E-state index contributed by atoms with van der Waals surface area (Å²) in [6, 6.07) is 9.94. The number of methoxy groups -OCH3 is 1. The number of carbonyl (C=O) groups excluding carboxylic acids is 1. The molecule has 8 nitrogen and oxygen atoms in total. The van der Waals surface area contributed by atoms with Gasteiger partial charge in [0.15, 0.2) is 5.75 Å². The topological polar surface area (TPSA) is 102 Å². The van der Waals surface area contributed by atoms with Gasteiger partial charge in [-0.15, -0.1) is 5.10 Å². The van der Waals surface area contributed by atoms with E-state index in [1.165, 1.54) is 24.9 Å². The Kier molecular flexibility index (Phi) is 6.89. The summed E-state index contributed by atoms with van der Waals surface area (Å²) in [7, 11) is 1.42. The fraction of sp³-hybridized carbons (Fsp3) is 0.391. The molecule has 2 heterocycles. The average molecular weight is 424 g/mol. The molecule has 1 atom stereocenters. The highest BCUT2D eigenvalue weighted by Gasteiger charge is 2.16. The van der Waals surface area contributed by atoms with Crippen molar-refractivity contribution in [2.24, 2.45) is 5.92 Å². The van der Waals surface area contributed by atoms with Gasteiger partial charge in [-0.25, -0.2) is 0 Å². The predicted octanol–water partition coefficient (Wildman–Crippen LogP) is 3.27. The average Bonchev–Trinajstić information content (AvgIpc) is 3.18. The lowest BCUT2D eigenvalue weighted by atomic mass is 9.96. The molecule has 1 amide bonds. The molecule has 3 rings (SSSR count). The number of nitrogens with one attached hydrogen (secondary N) is 2. The quantitative estimate of drug-likeness (QED) is 0.579. The van der Waals surface area contributed by atoms with Crippen molar-refractivity contribution >= 4 is 11.9 Å². The van der Waals surface area contributed by atoms with Gasteiger partial charge in [0.2, 0.25) is 17.3 Å². The lowest BCUT2D eigenvalue weighted by Crippen LogP contribution is -2.22. The van der Waals surface area contributed by atoms with Crippen LogP contribution in [0.5, 0.6) is 5.75 Å². The predicted molar refractivity (Wildman–Crippen MR) is 120 cm³/mol. The Bertz CT molecular complexity index is 1100. The number of pyridine rings is 1. The van der Waals surface area contributed by atoms with Gasteiger partial charge in [-0.3, -0.25) is 20.0 Å². The van der Waals surface area contributed by atoms with E-state index in [0.29, 0.717) is 17.4 Å².